The Bertz CT molecular complexity index is 1580. The second kappa shape index (κ2) is 9.42. The van der Waals surface area contributed by atoms with Crippen LogP contribution in [0.1, 0.15) is 52.5 Å². The maximum atomic E-state index is 13.4. The van der Waals surface area contributed by atoms with Crippen LogP contribution in [-0.2, 0) is 0 Å². The van der Waals surface area contributed by atoms with Crippen molar-refractivity contribution >= 4 is 22.5 Å². The van der Waals surface area contributed by atoms with Crippen molar-refractivity contribution in [2.75, 3.05) is 5.32 Å². The predicted octanol–water partition coefficient (Wildman–Crippen LogP) is 7.39. The minimum atomic E-state index is -0.160. The molecule has 1 N–H and O–H groups in total. The summed E-state index contributed by atoms with van der Waals surface area (Å²) in [7, 11) is 0. The van der Waals surface area contributed by atoms with E-state index in [-0.39, 0.29) is 5.91 Å². The number of carbonyl (C=O) groups is 1. The average Bonchev–Trinajstić information content (AvgIpc) is 3.26. The summed E-state index contributed by atoms with van der Waals surface area (Å²) >= 11 is 0. The number of rotatable bonds is 5. The fourth-order valence-corrected chi connectivity index (χ4v) is 4.44. The zero-order chi connectivity index (χ0) is 25.4. The van der Waals surface area contributed by atoms with Crippen LogP contribution in [0.3, 0.4) is 0 Å². The molecule has 0 atom stereocenters. The molecule has 1 amide bonds. The molecule has 5 nitrogen and oxygen atoms in total. The number of amides is 1. The molecule has 0 saturated heterocycles. The third kappa shape index (κ3) is 4.40. The van der Waals surface area contributed by atoms with Crippen molar-refractivity contribution in [3.05, 3.63) is 107 Å². The largest absolute Gasteiger partial charge is 0.322 e. The van der Waals surface area contributed by atoms with Gasteiger partial charge in [0.2, 0.25) is 0 Å². The van der Waals surface area contributed by atoms with E-state index in [0.29, 0.717) is 11.5 Å². The van der Waals surface area contributed by atoms with Crippen molar-refractivity contribution in [2.24, 2.45) is 0 Å². The van der Waals surface area contributed by atoms with Crippen LogP contribution in [0.25, 0.3) is 27.8 Å². The van der Waals surface area contributed by atoms with Crippen molar-refractivity contribution < 1.29 is 4.79 Å². The maximum Gasteiger partial charge on any atom is 0.256 e. The molecule has 36 heavy (non-hydrogen) atoms. The first-order valence-electron chi connectivity index (χ1n) is 12.3. The van der Waals surface area contributed by atoms with Gasteiger partial charge in [-0.15, -0.1) is 0 Å². The second-order valence-electron chi connectivity index (χ2n) is 9.63. The number of fused-ring (bicyclic) bond motifs is 1. The maximum absolute atomic E-state index is 13.4. The number of benzene rings is 3. The highest BCUT2D eigenvalue weighted by Crippen LogP contribution is 2.29. The number of aromatic nitrogens is 3. The molecule has 0 bridgehead atoms. The van der Waals surface area contributed by atoms with E-state index in [9.17, 15) is 4.79 Å². The number of nitrogens with one attached hydrogen (secondary N) is 1. The lowest BCUT2D eigenvalue weighted by Crippen LogP contribution is -2.13. The van der Waals surface area contributed by atoms with Crippen molar-refractivity contribution in [1.29, 1.82) is 0 Å². The highest BCUT2D eigenvalue weighted by atomic mass is 16.1. The predicted molar refractivity (Wildman–Crippen MR) is 147 cm³/mol. The van der Waals surface area contributed by atoms with E-state index in [1.807, 2.05) is 73.3 Å². The average molecular weight is 475 g/mol. The van der Waals surface area contributed by atoms with E-state index in [1.54, 1.807) is 0 Å². The summed E-state index contributed by atoms with van der Waals surface area (Å²) in [5, 5.41) is 8.54. The summed E-state index contributed by atoms with van der Waals surface area (Å²) in [5.74, 6) is 0.316. The molecule has 0 spiro atoms. The van der Waals surface area contributed by atoms with Crippen molar-refractivity contribution in [2.45, 2.75) is 40.5 Å². The molecule has 5 heteroatoms. The number of para-hydroxylation sites is 1. The zero-order valence-corrected chi connectivity index (χ0v) is 21.3. The molecule has 0 unspecified atom stereocenters. The number of anilines is 1. The summed E-state index contributed by atoms with van der Waals surface area (Å²) < 4.78 is 1.92. The lowest BCUT2D eigenvalue weighted by Gasteiger charge is -2.12. The Morgan fingerprint density at radius 1 is 0.889 bits per heavy atom. The molecule has 5 rings (SSSR count). The molecule has 2 heterocycles. The van der Waals surface area contributed by atoms with Gasteiger partial charge in [-0.1, -0.05) is 50.2 Å². The number of hydrogen-bond acceptors (Lipinski definition) is 3. The van der Waals surface area contributed by atoms with Crippen LogP contribution in [0.5, 0.6) is 0 Å². The Balaban J connectivity index is 1.55. The van der Waals surface area contributed by atoms with Crippen molar-refractivity contribution in [3.63, 3.8) is 0 Å². The second-order valence-corrected chi connectivity index (χ2v) is 9.63. The molecule has 0 saturated carbocycles. The summed E-state index contributed by atoms with van der Waals surface area (Å²) in [6, 6.07) is 24.0. The number of nitrogens with zero attached hydrogens (tertiary/aromatic N) is 3. The Labute approximate surface area is 211 Å². The fraction of sp³-hybridized carbons (Fsp3) is 0.194. The highest BCUT2D eigenvalue weighted by Gasteiger charge is 2.18. The number of carbonyl (C=O) groups excluding carboxylic acids is 1. The number of hydrogen-bond donors (Lipinski definition) is 1. The molecule has 0 fully saturated rings. The minimum absolute atomic E-state index is 0.160. The van der Waals surface area contributed by atoms with Gasteiger partial charge in [-0.05, 0) is 79.8 Å². The van der Waals surface area contributed by atoms with E-state index in [2.05, 4.69) is 55.5 Å². The smallest absolute Gasteiger partial charge is 0.256 e. The lowest BCUT2D eigenvalue weighted by atomic mass is 10.0. The molecule has 3 aromatic carbocycles. The van der Waals surface area contributed by atoms with Crippen LogP contribution < -0.4 is 5.32 Å². The topological polar surface area (TPSA) is 59.8 Å². The third-order valence-electron chi connectivity index (χ3n) is 6.82. The highest BCUT2D eigenvalue weighted by molar-refractivity contribution is 6.13. The first-order valence-corrected chi connectivity index (χ1v) is 12.3. The van der Waals surface area contributed by atoms with Crippen LogP contribution in [0, 0.1) is 20.8 Å². The Hall–Kier alpha value is -4.25. The summed E-state index contributed by atoms with van der Waals surface area (Å²) in [5.41, 5.74) is 9.34. The first kappa shape index (κ1) is 23.5. The van der Waals surface area contributed by atoms with E-state index in [4.69, 9.17) is 4.98 Å². The molecule has 0 radical (unpaired) electrons. The van der Waals surface area contributed by atoms with Gasteiger partial charge in [0.05, 0.1) is 34.4 Å². The lowest BCUT2D eigenvalue weighted by molar-refractivity contribution is 0.102. The Kier molecular flexibility index (Phi) is 6.15. The molecule has 0 aliphatic heterocycles. The molecule has 0 aliphatic carbocycles. The molecular formula is C31H30N4O. The standard InChI is InChI=1S/C31H30N4O/c1-19(2)23-11-14-25(15-12-23)35-22(5)28(18-32-35)30-17-27(26-8-6-7-9-29(26)34-30)31(36)33-24-13-10-20(3)21(4)16-24/h6-19H,1-5H3,(H,33,36). The van der Waals surface area contributed by atoms with E-state index in [0.717, 1.165) is 44.8 Å². The molecule has 5 aromatic rings. The molecule has 0 aliphatic rings. The van der Waals surface area contributed by atoms with E-state index >= 15 is 0 Å². The van der Waals surface area contributed by atoms with E-state index < -0.39 is 0 Å². The molecule has 180 valence electrons. The monoisotopic (exact) mass is 474 g/mol. The Morgan fingerprint density at radius 2 is 1.64 bits per heavy atom. The summed E-state index contributed by atoms with van der Waals surface area (Å²) in [6.07, 6.45) is 1.83. The van der Waals surface area contributed by atoms with Gasteiger partial charge in [-0.25, -0.2) is 9.67 Å². The van der Waals surface area contributed by atoms with Gasteiger partial charge < -0.3 is 5.32 Å². The number of pyridine rings is 1. The quantitative estimate of drug-likeness (QED) is 0.289. The van der Waals surface area contributed by atoms with Crippen LogP contribution in [0.4, 0.5) is 5.69 Å². The van der Waals surface area contributed by atoms with Crippen LogP contribution in [0.15, 0.2) is 79.0 Å². The first-order chi connectivity index (χ1) is 17.3. The number of aryl methyl sites for hydroxylation is 2. The molecular weight excluding hydrogens is 444 g/mol. The summed E-state index contributed by atoms with van der Waals surface area (Å²) in [6.45, 7) is 10.5. The normalized spacial score (nSPS) is 11.3. The molecule has 2 aromatic heterocycles. The third-order valence-corrected chi connectivity index (χ3v) is 6.82. The van der Waals surface area contributed by atoms with Crippen molar-refractivity contribution in [1.82, 2.24) is 14.8 Å². The fourth-order valence-electron chi connectivity index (χ4n) is 4.44. The van der Waals surface area contributed by atoms with Crippen LogP contribution in [-0.4, -0.2) is 20.7 Å². The van der Waals surface area contributed by atoms with Gasteiger partial charge in [0.1, 0.15) is 0 Å². The van der Waals surface area contributed by atoms with Gasteiger partial charge in [0.25, 0.3) is 5.91 Å². The van der Waals surface area contributed by atoms with Crippen LogP contribution in [0.2, 0.25) is 0 Å². The van der Waals surface area contributed by atoms with Crippen molar-refractivity contribution in [3.8, 4) is 16.9 Å². The minimum Gasteiger partial charge on any atom is -0.322 e. The Morgan fingerprint density at radius 3 is 2.36 bits per heavy atom. The van der Waals surface area contributed by atoms with E-state index in [1.165, 1.54) is 11.1 Å². The van der Waals surface area contributed by atoms with Gasteiger partial charge in [0.15, 0.2) is 0 Å². The van der Waals surface area contributed by atoms with Gasteiger partial charge >= 0.3 is 0 Å². The summed E-state index contributed by atoms with van der Waals surface area (Å²) in [4.78, 5) is 18.3. The SMILES string of the molecule is Cc1ccc(NC(=O)c2cc(-c3cnn(-c4ccc(C(C)C)cc4)c3C)nc3ccccc23)cc1C. The van der Waals surface area contributed by atoms with Gasteiger partial charge in [-0.3, -0.25) is 4.79 Å². The van der Waals surface area contributed by atoms with Gasteiger partial charge in [0, 0.05) is 16.6 Å². The van der Waals surface area contributed by atoms with Gasteiger partial charge in [-0.2, -0.15) is 5.10 Å². The zero-order valence-electron chi connectivity index (χ0n) is 21.3. The van der Waals surface area contributed by atoms with Crippen LogP contribution >= 0.6 is 0 Å².